The Balaban J connectivity index is 0.940. The molecule has 30 heteroatoms. The molecule has 1 amide bonds. The molecule has 7 N–H and O–H groups in total. The van der Waals surface area contributed by atoms with E-state index in [1.165, 1.54) is 0 Å². The zero-order valence-corrected chi connectivity index (χ0v) is 53.2. The summed E-state index contributed by atoms with van der Waals surface area (Å²) in [5.74, 6) is -3.34. The summed E-state index contributed by atoms with van der Waals surface area (Å²) < 4.78 is 87.9. The summed E-state index contributed by atoms with van der Waals surface area (Å²) >= 11 is 0. The zero-order chi connectivity index (χ0) is 69.5. The summed E-state index contributed by atoms with van der Waals surface area (Å²) in [6.45, 7) is -3.10. The number of benzene rings is 6. The van der Waals surface area contributed by atoms with Crippen LogP contribution < -0.4 is 5.32 Å². The molecule has 4 aliphatic heterocycles. The maximum absolute atomic E-state index is 13.9. The lowest BCUT2D eigenvalue weighted by Gasteiger charge is -2.50. The molecule has 4 saturated heterocycles. The van der Waals surface area contributed by atoms with Gasteiger partial charge in [0, 0.05) is 16.4 Å². The van der Waals surface area contributed by atoms with Crippen LogP contribution in [0, 0.1) is 0 Å². The maximum atomic E-state index is 13.9. The number of aliphatic carboxylic acids is 2. The number of nitrogens with one attached hydrogen (secondary N) is 1. The van der Waals surface area contributed by atoms with E-state index in [0.29, 0.717) is 22.3 Å². The van der Waals surface area contributed by atoms with E-state index in [4.69, 9.17) is 66.3 Å². The van der Waals surface area contributed by atoms with Crippen LogP contribution in [0.15, 0.2) is 192 Å². The predicted molar refractivity (Wildman–Crippen MR) is 342 cm³/mol. The molecule has 0 aliphatic carbocycles. The van der Waals surface area contributed by atoms with Gasteiger partial charge in [-0.3, -0.25) is 0 Å². The van der Waals surface area contributed by atoms with Gasteiger partial charge in [0.1, 0.15) is 91.9 Å². The van der Waals surface area contributed by atoms with Gasteiger partial charge < -0.3 is 102 Å². The van der Waals surface area contributed by atoms with Crippen molar-refractivity contribution in [2.24, 2.45) is 10.2 Å². The lowest BCUT2D eigenvalue weighted by atomic mass is 9.94. The van der Waals surface area contributed by atoms with Gasteiger partial charge in [-0.05, 0) is 44.4 Å². The Morgan fingerprint density at radius 3 is 1.10 bits per heavy atom. The number of alkyl carbamates (subject to hydrolysis) is 1. The van der Waals surface area contributed by atoms with E-state index in [1.54, 1.807) is 140 Å². The van der Waals surface area contributed by atoms with E-state index in [0.717, 1.165) is 11.1 Å². The Morgan fingerprint density at radius 1 is 0.404 bits per heavy atom. The molecular weight excluding hydrogens is 1290 g/mol. The number of hydrogen-bond donors (Lipinski definition) is 7. The molecule has 0 spiro atoms. The number of ether oxygens (including phenoxy) is 14. The fourth-order valence-electron chi connectivity index (χ4n) is 11.8. The van der Waals surface area contributed by atoms with Gasteiger partial charge in [-0.2, -0.15) is 0 Å². The number of carboxylic acid groups (broad SMARTS) is 2. The van der Waals surface area contributed by atoms with Gasteiger partial charge in [0.25, 0.3) is 0 Å². The quantitative estimate of drug-likeness (QED) is 0.0105. The maximum Gasteiger partial charge on any atom is 0.407 e. The van der Waals surface area contributed by atoms with Crippen LogP contribution in [0.5, 0.6) is 0 Å². The first-order valence-electron chi connectivity index (χ1n) is 31.9. The lowest BCUT2D eigenvalue weighted by Crippen LogP contribution is -2.68. The fraction of sp³-hybridized carbons (Fsp3) is 0.435. The molecular formula is C69H77N7O23. The number of rotatable bonds is 33. The Morgan fingerprint density at radius 2 is 0.727 bits per heavy atom. The van der Waals surface area contributed by atoms with E-state index >= 15 is 0 Å². The molecule has 526 valence electrons. The largest absolute Gasteiger partial charge is 0.479 e. The van der Waals surface area contributed by atoms with Crippen LogP contribution >= 0.6 is 0 Å². The summed E-state index contributed by atoms with van der Waals surface area (Å²) in [5.41, 5.74) is 24.4. The molecule has 0 radical (unpaired) electrons. The highest BCUT2D eigenvalue weighted by atomic mass is 16.8. The number of carbonyl (C=O) groups is 3. The van der Waals surface area contributed by atoms with Crippen LogP contribution in [0.1, 0.15) is 33.4 Å². The minimum absolute atomic E-state index is 0.00519. The minimum atomic E-state index is -2.17. The number of hydrogen-bond acceptors (Lipinski definition) is 23. The predicted octanol–water partition coefficient (Wildman–Crippen LogP) is 6.15. The highest BCUT2D eigenvalue weighted by Gasteiger charge is 2.59. The van der Waals surface area contributed by atoms with Crippen LogP contribution in [-0.2, 0) is 116 Å². The van der Waals surface area contributed by atoms with Gasteiger partial charge in [-0.15, -0.1) is 0 Å². The van der Waals surface area contributed by atoms with Crippen LogP contribution in [0.4, 0.5) is 4.79 Å². The van der Waals surface area contributed by atoms with Gasteiger partial charge >= 0.3 is 18.0 Å². The second-order valence-corrected chi connectivity index (χ2v) is 23.3. The number of aliphatic hydroxyl groups is 4. The van der Waals surface area contributed by atoms with Crippen LogP contribution in [0.25, 0.3) is 20.9 Å². The molecule has 4 heterocycles. The second kappa shape index (κ2) is 37.1. The zero-order valence-electron chi connectivity index (χ0n) is 53.2. The van der Waals surface area contributed by atoms with Crippen LogP contribution in [0.2, 0.25) is 0 Å². The van der Waals surface area contributed by atoms with E-state index in [9.17, 15) is 56.1 Å². The molecule has 10 rings (SSSR count). The highest BCUT2D eigenvalue weighted by Crippen LogP contribution is 2.40. The van der Waals surface area contributed by atoms with E-state index in [-0.39, 0.29) is 52.8 Å². The SMILES string of the molecule is [N-]=[N+]=N[C@H]1[C@@H](O[C@H]2[C@H](OCc3ccccc3)[C@@H](O)[C@H](O[C@H]3[C@H](OCc4ccccc4)[C@@H](N=[N+]=[N-])[C@@H](O[C@H]4[C@H](OCc5ccccc5)[C@@H](O)[C@H](OCCNC(=O)OCc5ccccc5)O[C@H]4C(=O)O)O[C@@H]3CO)O[C@H]2C(=O)O)O[C@H](CO)[C@@H](OCc2ccccc2)[C@@H]1OCc1ccccc1. The topological polar surface area (TPSA) is 411 Å². The highest BCUT2D eigenvalue weighted by molar-refractivity contribution is 5.74. The first-order valence-corrected chi connectivity index (χ1v) is 31.9. The Hall–Kier alpha value is -8.53. The van der Waals surface area contributed by atoms with Crippen molar-refractivity contribution in [1.82, 2.24) is 5.32 Å². The van der Waals surface area contributed by atoms with Crippen LogP contribution in [-0.4, -0.2) is 198 Å². The third-order valence-electron chi connectivity index (χ3n) is 16.6. The molecule has 30 nitrogen and oxygen atoms in total. The van der Waals surface area contributed by atoms with E-state index in [2.05, 4.69) is 25.4 Å². The number of amides is 1. The third kappa shape index (κ3) is 19.7. The number of carbonyl (C=O) groups excluding carboxylic acids is 1. The van der Waals surface area contributed by atoms with Gasteiger partial charge in [-0.1, -0.05) is 192 Å². The van der Waals surface area contributed by atoms with E-state index in [1.807, 2.05) is 42.5 Å². The number of carboxylic acids is 2. The average molecular weight is 1370 g/mol. The van der Waals surface area contributed by atoms with Gasteiger partial charge in [0.2, 0.25) is 0 Å². The first-order chi connectivity index (χ1) is 48.3. The molecule has 6 aromatic carbocycles. The van der Waals surface area contributed by atoms with Crippen molar-refractivity contribution in [3.05, 3.63) is 236 Å². The summed E-state index contributed by atoms with van der Waals surface area (Å²) in [7, 11) is 0. The van der Waals surface area contributed by atoms with Crippen molar-refractivity contribution in [3.63, 3.8) is 0 Å². The lowest BCUT2D eigenvalue weighted by molar-refractivity contribution is -0.376. The normalized spacial score (nSPS) is 29.8. The standard InChI is InChI=1S/C69H77N7O23/c70-75-73-49-55(88-36-42-21-9-2-10-22-42)53(87-35-41-19-7-1-8-20-41)47(33-77)93-65(49)97-60-58(91-39-45-27-15-5-16-28-45)52(80)68(99-62(60)64(83)84)95-54-48(34-78)94-66(50(74-76-71)56(54)89-37-43-23-11-3-12-24-43)96-59-57(90-38-44-25-13-4-14-26-44)51(79)67(98-61(59)63(81)82)86-32-31-72-69(85)92-40-46-29-17-6-18-30-46/h1-30,47-62,65-68,77-80H,31-40H2,(H,72,85)(H,81,82)(H,83,84)/t47-,48-,49-,50-,51-,52-,53-,54-,55-,56-,57-,58-,59+,60+,61-,62-,65-,66-,67-,68-/m1/s1. The van der Waals surface area contributed by atoms with Gasteiger partial charge in [-0.25, -0.2) is 14.4 Å². The molecule has 0 aromatic heterocycles. The molecule has 0 saturated carbocycles. The summed E-state index contributed by atoms with van der Waals surface area (Å²) in [5, 5.41) is 80.0. The summed E-state index contributed by atoms with van der Waals surface area (Å²) in [6, 6.07) is 49.6. The molecule has 0 unspecified atom stereocenters. The number of nitrogens with zero attached hydrogens (tertiary/aromatic N) is 6. The molecule has 4 aliphatic rings. The molecule has 99 heavy (non-hydrogen) atoms. The van der Waals surface area contributed by atoms with Crippen molar-refractivity contribution in [2.45, 2.75) is 162 Å². The Kier molecular flexibility index (Phi) is 27.4. The minimum Gasteiger partial charge on any atom is -0.479 e. The average Bonchev–Trinajstić information content (AvgIpc) is 0.771. The number of azide groups is 2. The van der Waals surface area contributed by atoms with Crippen molar-refractivity contribution < 1.29 is 111 Å². The van der Waals surface area contributed by atoms with E-state index < -0.39 is 154 Å². The molecule has 20 atom stereocenters. The van der Waals surface area contributed by atoms with Crippen molar-refractivity contribution in [3.8, 4) is 0 Å². The second-order valence-electron chi connectivity index (χ2n) is 23.3. The van der Waals surface area contributed by atoms with Crippen LogP contribution in [0.3, 0.4) is 0 Å². The van der Waals surface area contributed by atoms with Gasteiger partial charge in [0.05, 0.1) is 52.9 Å². The summed E-state index contributed by atoms with van der Waals surface area (Å²) in [4.78, 5) is 46.0. The molecule has 0 bridgehead atoms. The first kappa shape index (κ1) is 73.2. The smallest absolute Gasteiger partial charge is 0.407 e. The molecule has 4 fully saturated rings. The summed E-state index contributed by atoms with van der Waals surface area (Å²) in [6.07, 6.45) is -32.4. The van der Waals surface area contributed by atoms with Crippen molar-refractivity contribution in [2.75, 3.05) is 26.4 Å². The third-order valence-corrected chi connectivity index (χ3v) is 16.6. The van der Waals surface area contributed by atoms with Crippen molar-refractivity contribution >= 4 is 18.0 Å². The monoisotopic (exact) mass is 1370 g/mol. The number of aliphatic hydroxyl groups excluding tert-OH is 4. The molecule has 6 aromatic rings. The fourth-order valence-corrected chi connectivity index (χ4v) is 11.8. The van der Waals surface area contributed by atoms with Gasteiger partial charge in [0.15, 0.2) is 37.4 Å². The van der Waals surface area contributed by atoms with Crippen molar-refractivity contribution in [1.29, 1.82) is 0 Å². The Labute approximate surface area is 567 Å². The Bertz CT molecular complexity index is 3540.